The first-order valence-corrected chi connectivity index (χ1v) is 4.36. The van der Waals surface area contributed by atoms with Gasteiger partial charge in [0.2, 0.25) is 0 Å². The Balaban J connectivity index is 2.40. The van der Waals surface area contributed by atoms with E-state index in [1.54, 1.807) is 0 Å². The summed E-state index contributed by atoms with van der Waals surface area (Å²) in [5.41, 5.74) is 14.3. The van der Waals surface area contributed by atoms with Crippen LogP contribution in [0.25, 0.3) is 0 Å². The first-order chi connectivity index (χ1) is 5.83. The largest absolute Gasteiger partial charge is 0.330 e. The van der Waals surface area contributed by atoms with E-state index in [-0.39, 0.29) is 6.04 Å². The molecule has 0 saturated carbocycles. The van der Waals surface area contributed by atoms with Crippen LogP contribution in [-0.4, -0.2) is 12.6 Å². The Labute approximate surface area is 72.6 Å². The molecule has 0 spiro atoms. The van der Waals surface area contributed by atoms with Gasteiger partial charge in [0.25, 0.3) is 0 Å². The van der Waals surface area contributed by atoms with Crippen LogP contribution in [0, 0.1) is 0 Å². The molecular weight excluding hydrogens is 148 g/mol. The van der Waals surface area contributed by atoms with Crippen LogP contribution >= 0.6 is 0 Å². The number of hydrogen-bond acceptors (Lipinski definition) is 2. The van der Waals surface area contributed by atoms with Gasteiger partial charge in [-0.3, -0.25) is 0 Å². The zero-order valence-corrected chi connectivity index (χ0v) is 7.03. The maximum absolute atomic E-state index is 5.96. The molecule has 2 heteroatoms. The average Bonchev–Trinajstić information content (AvgIpc) is 2.40. The minimum atomic E-state index is 0.229. The predicted molar refractivity (Wildman–Crippen MR) is 49.9 cm³/mol. The van der Waals surface area contributed by atoms with Gasteiger partial charge in [0, 0.05) is 18.5 Å². The Bertz CT molecular complexity index is 283. The van der Waals surface area contributed by atoms with Crippen LogP contribution in [0.4, 0.5) is 0 Å². The highest BCUT2D eigenvalue weighted by Crippen LogP contribution is 2.30. The molecule has 1 aromatic rings. The van der Waals surface area contributed by atoms with E-state index in [0.29, 0.717) is 12.5 Å². The molecule has 0 unspecified atom stereocenters. The van der Waals surface area contributed by atoms with Crippen molar-refractivity contribution in [3.63, 3.8) is 0 Å². The van der Waals surface area contributed by atoms with E-state index >= 15 is 0 Å². The van der Waals surface area contributed by atoms with Gasteiger partial charge in [-0.15, -0.1) is 0 Å². The van der Waals surface area contributed by atoms with Crippen LogP contribution in [-0.2, 0) is 6.42 Å². The normalized spacial score (nSPS) is 27.2. The molecule has 2 nitrogen and oxygen atoms in total. The van der Waals surface area contributed by atoms with E-state index < -0.39 is 0 Å². The molecule has 0 aromatic heterocycles. The summed E-state index contributed by atoms with van der Waals surface area (Å²) >= 11 is 0. The van der Waals surface area contributed by atoms with Gasteiger partial charge in [-0.05, 0) is 17.5 Å². The van der Waals surface area contributed by atoms with E-state index in [2.05, 4.69) is 24.3 Å². The molecule has 2 atom stereocenters. The van der Waals surface area contributed by atoms with Crippen LogP contribution in [0.2, 0.25) is 0 Å². The van der Waals surface area contributed by atoms with Crippen molar-refractivity contribution in [3.8, 4) is 0 Å². The summed E-state index contributed by atoms with van der Waals surface area (Å²) in [6, 6.07) is 8.63. The van der Waals surface area contributed by atoms with E-state index in [0.717, 1.165) is 6.42 Å². The maximum Gasteiger partial charge on any atom is 0.0161 e. The second-order valence-electron chi connectivity index (χ2n) is 3.41. The standard InChI is InChI=1S/C10H14N2/c11-6-9-8-4-2-1-3-7(8)5-10(9)12/h1-4,9-10H,5-6,11-12H2/t9-,10-/m0/s1. The molecule has 64 valence electrons. The summed E-state index contributed by atoms with van der Waals surface area (Å²) in [4.78, 5) is 0. The van der Waals surface area contributed by atoms with Crippen molar-refractivity contribution in [1.29, 1.82) is 0 Å². The van der Waals surface area contributed by atoms with Crippen molar-refractivity contribution in [2.75, 3.05) is 6.54 Å². The number of hydrogen-bond donors (Lipinski definition) is 2. The fourth-order valence-corrected chi connectivity index (χ4v) is 2.01. The molecule has 1 aliphatic rings. The van der Waals surface area contributed by atoms with Crippen LogP contribution in [0.1, 0.15) is 17.0 Å². The summed E-state index contributed by atoms with van der Waals surface area (Å²) in [7, 11) is 0. The van der Waals surface area contributed by atoms with Crippen molar-refractivity contribution in [1.82, 2.24) is 0 Å². The lowest BCUT2D eigenvalue weighted by molar-refractivity contribution is 0.581. The Morgan fingerprint density at radius 1 is 1.33 bits per heavy atom. The zero-order chi connectivity index (χ0) is 8.55. The van der Waals surface area contributed by atoms with Gasteiger partial charge in [-0.2, -0.15) is 0 Å². The molecule has 0 radical (unpaired) electrons. The molecule has 1 aromatic carbocycles. The van der Waals surface area contributed by atoms with Crippen molar-refractivity contribution in [2.45, 2.75) is 18.4 Å². The van der Waals surface area contributed by atoms with E-state index in [1.807, 2.05) is 0 Å². The molecular formula is C10H14N2. The number of rotatable bonds is 1. The number of fused-ring (bicyclic) bond motifs is 1. The summed E-state index contributed by atoms with van der Waals surface area (Å²) in [6.45, 7) is 0.665. The van der Waals surface area contributed by atoms with E-state index in [4.69, 9.17) is 11.5 Å². The minimum Gasteiger partial charge on any atom is -0.330 e. The van der Waals surface area contributed by atoms with Gasteiger partial charge in [-0.25, -0.2) is 0 Å². The van der Waals surface area contributed by atoms with Gasteiger partial charge in [0.1, 0.15) is 0 Å². The second kappa shape index (κ2) is 2.88. The third-order valence-electron chi connectivity index (χ3n) is 2.68. The molecule has 0 aliphatic heterocycles. The monoisotopic (exact) mass is 162 g/mol. The quantitative estimate of drug-likeness (QED) is 0.635. The first kappa shape index (κ1) is 7.77. The van der Waals surface area contributed by atoms with Crippen LogP contribution in [0.5, 0.6) is 0 Å². The molecule has 12 heavy (non-hydrogen) atoms. The fraction of sp³-hybridized carbons (Fsp3) is 0.400. The summed E-state index contributed by atoms with van der Waals surface area (Å²) in [5.74, 6) is 0.376. The van der Waals surface area contributed by atoms with E-state index in [1.165, 1.54) is 11.1 Å². The highest BCUT2D eigenvalue weighted by Gasteiger charge is 2.27. The van der Waals surface area contributed by atoms with E-state index in [9.17, 15) is 0 Å². The predicted octanol–water partition coefficient (Wildman–Crippen LogP) is 0.612. The van der Waals surface area contributed by atoms with Gasteiger partial charge >= 0.3 is 0 Å². The molecule has 0 fully saturated rings. The lowest BCUT2D eigenvalue weighted by Gasteiger charge is -2.13. The van der Waals surface area contributed by atoms with Gasteiger partial charge in [-0.1, -0.05) is 24.3 Å². The number of benzene rings is 1. The van der Waals surface area contributed by atoms with Gasteiger partial charge in [0.05, 0.1) is 0 Å². The Hall–Kier alpha value is -0.860. The first-order valence-electron chi connectivity index (χ1n) is 4.36. The third-order valence-corrected chi connectivity index (χ3v) is 2.68. The molecule has 0 bridgehead atoms. The highest BCUT2D eigenvalue weighted by atomic mass is 14.7. The Morgan fingerprint density at radius 2 is 2.08 bits per heavy atom. The fourth-order valence-electron chi connectivity index (χ4n) is 2.01. The molecule has 0 saturated heterocycles. The van der Waals surface area contributed by atoms with Crippen LogP contribution in [0.15, 0.2) is 24.3 Å². The lowest BCUT2D eigenvalue weighted by Crippen LogP contribution is -2.29. The molecule has 4 N–H and O–H groups in total. The van der Waals surface area contributed by atoms with Crippen LogP contribution < -0.4 is 11.5 Å². The van der Waals surface area contributed by atoms with Gasteiger partial charge in [0.15, 0.2) is 0 Å². The Morgan fingerprint density at radius 3 is 2.83 bits per heavy atom. The minimum absolute atomic E-state index is 0.229. The van der Waals surface area contributed by atoms with Crippen molar-refractivity contribution in [3.05, 3.63) is 35.4 Å². The smallest absolute Gasteiger partial charge is 0.0161 e. The van der Waals surface area contributed by atoms with Crippen molar-refractivity contribution in [2.24, 2.45) is 11.5 Å². The number of nitrogens with two attached hydrogens (primary N) is 2. The van der Waals surface area contributed by atoms with Crippen molar-refractivity contribution >= 4 is 0 Å². The highest BCUT2D eigenvalue weighted by molar-refractivity contribution is 5.37. The second-order valence-corrected chi connectivity index (χ2v) is 3.41. The molecule has 1 aliphatic carbocycles. The van der Waals surface area contributed by atoms with Crippen LogP contribution in [0.3, 0.4) is 0 Å². The molecule has 2 rings (SSSR count). The van der Waals surface area contributed by atoms with Gasteiger partial charge < -0.3 is 11.5 Å². The third kappa shape index (κ3) is 1.04. The lowest BCUT2D eigenvalue weighted by atomic mass is 9.99. The molecule has 0 heterocycles. The molecule has 0 amide bonds. The Kier molecular flexibility index (Phi) is 1.87. The van der Waals surface area contributed by atoms with Crippen molar-refractivity contribution < 1.29 is 0 Å². The average molecular weight is 162 g/mol. The summed E-state index contributed by atoms with van der Waals surface area (Å²) in [5, 5.41) is 0. The summed E-state index contributed by atoms with van der Waals surface area (Å²) in [6.07, 6.45) is 0.984. The maximum atomic E-state index is 5.96. The zero-order valence-electron chi connectivity index (χ0n) is 7.03. The SMILES string of the molecule is NC[C@H]1c2ccccc2C[C@@H]1N. The summed E-state index contributed by atoms with van der Waals surface area (Å²) < 4.78 is 0. The topological polar surface area (TPSA) is 52.0 Å².